The number of esters is 1. The Balaban J connectivity index is 2.73. The summed E-state index contributed by atoms with van der Waals surface area (Å²) in [6.07, 6.45) is 0. The van der Waals surface area contributed by atoms with E-state index in [4.69, 9.17) is 15.2 Å². The number of nitrogens with two attached hydrogens (primary N) is 1. The van der Waals surface area contributed by atoms with Crippen LogP contribution in [0.4, 0.5) is 5.69 Å². The number of hydrogen-bond donors (Lipinski definition) is 2. The molecule has 1 unspecified atom stereocenters. The molecule has 1 aromatic carbocycles. The van der Waals surface area contributed by atoms with Crippen LogP contribution in [-0.2, 0) is 9.53 Å². The molecule has 0 aliphatic carbocycles. The van der Waals surface area contributed by atoms with E-state index in [1.165, 1.54) is 6.07 Å². The molecule has 1 atom stereocenters. The van der Waals surface area contributed by atoms with E-state index in [2.05, 4.69) is 5.32 Å². The van der Waals surface area contributed by atoms with Gasteiger partial charge < -0.3 is 20.5 Å². The molecule has 3 N–H and O–H groups in total. The molecule has 0 aliphatic heterocycles. The summed E-state index contributed by atoms with van der Waals surface area (Å²) in [5.74, 6) is -0.331. The quantitative estimate of drug-likeness (QED) is 0.606. The predicted octanol–water partition coefficient (Wildman–Crippen LogP) is 1.35. The van der Waals surface area contributed by atoms with Gasteiger partial charge >= 0.3 is 5.97 Å². The van der Waals surface area contributed by atoms with E-state index >= 15 is 0 Å². The van der Waals surface area contributed by atoms with Gasteiger partial charge in [0.1, 0.15) is 11.8 Å². The smallest absolute Gasteiger partial charge is 0.328 e. The third-order valence-electron chi connectivity index (χ3n) is 2.56. The minimum Gasteiger partial charge on any atom is -0.492 e. The molecule has 1 amide bonds. The van der Waals surface area contributed by atoms with Crippen molar-refractivity contribution in [2.24, 2.45) is 0 Å². The van der Waals surface area contributed by atoms with Crippen LogP contribution in [0.2, 0.25) is 0 Å². The lowest BCUT2D eigenvalue weighted by Crippen LogP contribution is -2.39. The third kappa shape index (κ3) is 4.15. The van der Waals surface area contributed by atoms with E-state index in [0.717, 1.165) is 0 Å². The molecular weight excluding hydrogens is 260 g/mol. The van der Waals surface area contributed by atoms with Crippen LogP contribution in [0.5, 0.6) is 5.75 Å². The van der Waals surface area contributed by atoms with Crippen molar-refractivity contribution in [3.63, 3.8) is 0 Å². The summed E-state index contributed by atoms with van der Waals surface area (Å²) in [6.45, 7) is 5.89. The van der Waals surface area contributed by atoms with Crippen LogP contribution in [0.3, 0.4) is 0 Å². The van der Waals surface area contributed by atoms with Crippen LogP contribution in [0, 0.1) is 0 Å². The Kier molecular flexibility index (Phi) is 5.83. The van der Waals surface area contributed by atoms with Crippen LogP contribution in [0.1, 0.15) is 31.1 Å². The number of carbonyl (C=O) groups excluding carboxylic acids is 2. The second kappa shape index (κ2) is 7.37. The fraction of sp³-hybridized carbons (Fsp3) is 0.429. The monoisotopic (exact) mass is 280 g/mol. The molecule has 0 bridgehead atoms. The molecule has 0 spiro atoms. The van der Waals surface area contributed by atoms with Crippen LogP contribution >= 0.6 is 0 Å². The highest BCUT2D eigenvalue weighted by Gasteiger charge is 2.18. The van der Waals surface area contributed by atoms with Crippen LogP contribution in [-0.4, -0.2) is 31.1 Å². The SMILES string of the molecule is CCOC(=O)C(C)NC(=O)c1ccc(OCC)c(N)c1. The lowest BCUT2D eigenvalue weighted by molar-refractivity contribution is -0.144. The van der Waals surface area contributed by atoms with E-state index in [-0.39, 0.29) is 12.5 Å². The first kappa shape index (κ1) is 15.8. The molecule has 6 heteroatoms. The van der Waals surface area contributed by atoms with Crippen molar-refractivity contribution < 1.29 is 19.1 Å². The lowest BCUT2D eigenvalue weighted by Gasteiger charge is -2.13. The molecule has 0 aromatic heterocycles. The summed E-state index contributed by atoms with van der Waals surface area (Å²) < 4.78 is 10.1. The largest absolute Gasteiger partial charge is 0.492 e. The molecule has 6 nitrogen and oxygen atoms in total. The van der Waals surface area contributed by atoms with Crippen LogP contribution in [0.15, 0.2) is 18.2 Å². The molecular formula is C14H20N2O4. The minimum absolute atomic E-state index is 0.273. The first-order valence-corrected chi connectivity index (χ1v) is 6.49. The van der Waals surface area contributed by atoms with Crippen molar-refractivity contribution in [3.05, 3.63) is 23.8 Å². The second-order valence-electron chi connectivity index (χ2n) is 4.13. The predicted molar refractivity (Wildman–Crippen MR) is 75.6 cm³/mol. The summed E-state index contributed by atoms with van der Waals surface area (Å²) in [7, 11) is 0. The summed E-state index contributed by atoms with van der Waals surface area (Å²) in [5.41, 5.74) is 6.53. The maximum atomic E-state index is 12.0. The molecule has 20 heavy (non-hydrogen) atoms. The Hall–Kier alpha value is -2.24. The van der Waals surface area contributed by atoms with Gasteiger partial charge in [0.25, 0.3) is 5.91 Å². The molecule has 0 aliphatic rings. The molecule has 1 aromatic rings. The number of carbonyl (C=O) groups is 2. The maximum Gasteiger partial charge on any atom is 0.328 e. The lowest BCUT2D eigenvalue weighted by atomic mass is 10.1. The number of anilines is 1. The van der Waals surface area contributed by atoms with Crippen molar-refractivity contribution in [2.75, 3.05) is 18.9 Å². The maximum absolute atomic E-state index is 12.0. The number of hydrogen-bond acceptors (Lipinski definition) is 5. The number of benzene rings is 1. The number of amides is 1. The van der Waals surface area contributed by atoms with Crippen molar-refractivity contribution >= 4 is 17.6 Å². The summed E-state index contributed by atoms with van der Waals surface area (Å²) in [4.78, 5) is 23.4. The van der Waals surface area contributed by atoms with Gasteiger partial charge in [-0.2, -0.15) is 0 Å². The first-order chi connectivity index (χ1) is 9.49. The fourth-order valence-electron chi connectivity index (χ4n) is 1.58. The van der Waals surface area contributed by atoms with E-state index in [1.54, 1.807) is 26.0 Å². The summed E-state index contributed by atoms with van der Waals surface area (Å²) in [5, 5.41) is 2.55. The normalized spacial score (nSPS) is 11.6. The number of rotatable bonds is 6. The standard InChI is InChI=1S/C14H20N2O4/c1-4-19-12-7-6-10(8-11(12)15)13(17)16-9(3)14(18)20-5-2/h6-9H,4-5,15H2,1-3H3,(H,16,17). The number of ether oxygens (including phenoxy) is 2. The average molecular weight is 280 g/mol. The van der Waals surface area contributed by atoms with Crippen molar-refractivity contribution in [3.8, 4) is 5.75 Å². The topological polar surface area (TPSA) is 90.6 Å². The Morgan fingerprint density at radius 2 is 2.00 bits per heavy atom. The molecule has 0 saturated heterocycles. The zero-order valence-corrected chi connectivity index (χ0v) is 11.9. The molecule has 0 heterocycles. The Bertz CT molecular complexity index is 488. The van der Waals surface area contributed by atoms with Gasteiger partial charge in [0.15, 0.2) is 0 Å². The third-order valence-corrected chi connectivity index (χ3v) is 2.56. The zero-order valence-electron chi connectivity index (χ0n) is 11.9. The van der Waals surface area contributed by atoms with E-state index in [1.807, 2.05) is 6.92 Å². The summed E-state index contributed by atoms with van der Waals surface area (Å²) >= 11 is 0. The van der Waals surface area contributed by atoms with Gasteiger partial charge in [-0.3, -0.25) is 4.79 Å². The van der Waals surface area contributed by atoms with Gasteiger partial charge in [0.2, 0.25) is 0 Å². The van der Waals surface area contributed by atoms with Gasteiger partial charge in [-0.05, 0) is 39.0 Å². The number of nitrogen functional groups attached to an aromatic ring is 1. The second-order valence-corrected chi connectivity index (χ2v) is 4.13. The van der Waals surface area contributed by atoms with Gasteiger partial charge in [-0.25, -0.2) is 4.79 Å². The molecule has 0 saturated carbocycles. The molecule has 0 radical (unpaired) electrons. The van der Waals surface area contributed by atoms with E-state index in [0.29, 0.717) is 23.6 Å². The molecule has 110 valence electrons. The molecule has 1 rings (SSSR count). The Morgan fingerprint density at radius 3 is 2.55 bits per heavy atom. The van der Waals surface area contributed by atoms with Crippen LogP contribution in [0.25, 0.3) is 0 Å². The van der Waals surface area contributed by atoms with Crippen LogP contribution < -0.4 is 15.8 Å². The minimum atomic E-state index is -0.713. The van der Waals surface area contributed by atoms with Crippen molar-refractivity contribution in [1.82, 2.24) is 5.32 Å². The molecule has 0 fully saturated rings. The highest BCUT2D eigenvalue weighted by Crippen LogP contribution is 2.22. The van der Waals surface area contributed by atoms with Gasteiger partial charge in [-0.15, -0.1) is 0 Å². The first-order valence-electron chi connectivity index (χ1n) is 6.49. The van der Waals surface area contributed by atoms with Gasteiger partial charge in [-0.1, -0.05) is 0 Å². The number of nitrogens with one attached hydrogen (secondary N) is 1. The summed E-state index contributed by atoms with van der Waals surface area (Å²) in [6, 6.07) is 4.02. The average Bonchev–Trinajstić information content (AvgIpc) is 2.41. The highest BCUT2D eigenvalue weighted by atomic mass is 16.5. The Morgan fingerprint density at radius 1 is 1.30 bits per heavy atom. The van der Waals surface area contributed by atoms with E-state index < -0.39 is 12.0 Å². The Labute approximate surface area is 118 Å². The van der Waals surface area contributed by atoms with Crippen molar-refractivity contribution in [2.45, 2.75) is 26.8 Å². The van der Waals surface area contributed by atoms with Crippen molar-refractivity contribution in [1.29, 1.82) is 0 Å². The highest BCUT2D eigenvalue weighted by molar-refractivity contribution is 5.97. The van der Waals surface area contributed by atoms with Gasteiger partial charge in [0, 0.05) is 5.56 Å². The zero-order chi connectivity index (χ0) is 15.1. The van der Waals surface area contributed by atoms with E-state index in [9.17, 15) is 9.59 Å². The van der Waals surface area contributed by atoms with Gasteiger partial charge in [0.05, 0.1) is 18.9 Å². The fourth-order valence-corrected chi connectivity index (χ4v) is 1.58.